The Hall–Kier alpha value is -1.07. The molecule has 84 valence electrons. The molecule has 1 heterocycles. The van der Waals surface area contributed by atoms with E-state index in [0.29, 0.717) is 17.4 Å². The number of nitrogen functional groups attached to an aromatic ring is 1. The number of hydrogen-bond acceptors (Lipinski definition) is 5. The highest BCUT2D eigenvalue weighted by Crippen LogP contribution is 2.22. The third kappa shape index (κ3) is 3.89. The van der Waals surface area contributed by atoms with Gasteiger partial charge in [-0.15, -0.1) is 0 Å². The monoisotopic (exact) mass is 230 g/mol. The Labute approximate surface area is 93.7 Å². The van der Waals surface area contributed by atoms with Crippen molar-refractivity contribution < 1.29 is 5.11 Å². The molecule has 0 aliphatic carbocycles. The van der Waals surface area contributed by atoms with E-state index in [4.69, 9.17) is 22.4 Å². The Balaban J connectivity index is 2.41. The zero-order valence-corrected chi connectivity index (χ0v) is 9.33. The number of aliphatic hydroxyl groups is 1. The first-order valence-electron chi connectivity index (χ1n) is 4.79. The third-order valence-electron chi connectivity index (χ3n) is 1.91. The third-order valence-corrected chi connectivity index (χ3v) is 2.28. The van der Waals surface area contributed by atoms with Gasteiger partial charge in [-0.3, -0.25) is 0 Å². The summed E-state index contributed by atoms with van der Waals surface area (Å²) in [5, 5.41) is 12.4. The van der Waals surface area contributed by atoms with E-state index >= 15 is 0 Å². The second kappa shape index (κ2) is 5.72. The number of aromatic nitrogens is 2. The van der Waals surface area contributed by atoms with E-state index < -0.39 is 0 Å². The van der Waals surface area contributed by atoms with Gasteiger partial charge < -0.3 is 16.2 Å². The van der Waals surface area contributed by atoms with E-state index in [0.717, 1.165) is 12.8 Å². The summed E-state index contributed by atoms with van der Waals surface area (Å²) in [7, 11) is 0. The van der Waals surface area contributed by atoms with Crippen LogP contribution in [0.4, 0.5) is 11.6 Å². The number of nitrogens with two attached hydrogens (primary N) is 1. The van der Waals surface area contributed by atoms with Gasteiger partial charge in [-0.25, -0.2) is 9.97 Å². The van der Waals surface area contributed by atoms with Crippen molar-refractivity contribution in [2.75, 3.05) is 17.6 Å². The van der Waals surface area contributed by atoms with E-state index in [9.17, 15) is 0 Å². The van der Waals surface area contributed by atoms with E-state index in [1.54, 1.807) is 6.92 Å². The summed E-state index contributed by atoms with van der Waals surface area (Å²) in [6.07, 6.45) is 2.67. The molecule has 0 spiro atoms. The number of anilines is 2. The van der Waals surface area contributed by atoms with Gasteiger partial charge >= 0.3 is 0 Å². The summed E-state index contributed by atoms with van der Waals surface area (Å²) in [5.41, 5.74) is 5.51. The molecule has 0 fully saturated rings. The molecule has 15 heavy (non-hydrogen) atoms. The van der Waals surface area contributed by atoms with Gasteiger partial charge in [-0.05, 0) is 19.8 Å². The minimum absolute atomic E-state index is 0.268. The molecule has 0 saturated carbocycles. The number of nitrogens with zero attached hydrogens (tertiary/aromatic N) is 2. The lowest BCUT2D eigenvalue weighted by molar-refractivity contribution is 0.183. The number of hydrogen-bond donors (Lipinski definition) is 3. The van der Waals surface area contributed by atoms with Crippen molar-refractivity contribution >= 4 is 23.2 Å². The van der Waals surface area contributed by atoms with Gasteiger partial charge in [0, 0.05) is 6.54 Å². The Morgan fingerprint density at radius 3 is 3.00 bits per heavy atom. The maximum absolute atomic E-state index is 9.05. The van der Waals surface area contributed by atoms with E-state index in [1.807, 2.05) is 0 Å². The van der Waals surface area contributed by atoms with Crippen LogP contribution in [0, 0.1) is 0 Å². The fraction of sp³-hybridized carbons (Fsp3) is 0.556. The van der Waals surface area contributed by atoms with Gasteiger partial charge in [-0.2, -0.15) is 0 Å². The van der Waals surface area contributed by atoms with Gasteiger partial charge in [-0.1, -0.05) is 11.6 Å². The van der Waals surface area contributed by atoms with Crippen molar-refractivity contribution in [1.29, 1.82) is 0 Å². The molecule has 0 aliphatic rings. The molecule has 4 N–H and O–H groups in total. The standard InChI is InChI=1S/C9H15ClN4O/c1-6(15)3-2-4-12-9-7(10)8(11)13-5-14-9/h5-6,15H,2-4H2,1H3,(H3,11,12,13,14). The van der Waals surface area contributed by atoms with Crippen LogP contribution in [-0.2, 0) is 0 Å². The second-order valence-electron chi connectivity index (χ2n) is 3.34. The minimum atomic E-state index is -0.280. The zero-order chi connectivity index (χ0) is 11.3. The Bertz CT molecular complexity index is 319. The van der Waals surface area contributed by atoms with Crippen LogP contribution >= 0.6 is 11.6 Å². The molecule has 0 amide bonds. The number of aliphatic hydroxyl groups excluding tert-OH is 1. The summed E-state index contributed by atoms with van der Waals surface area (Å²) in [4.78, 5) is 7.71. The number of nitrogens with one attached hydrogen (secondary N) is 1. The summed E-state index contributed by atoms with van der Waals surface area (Å²) in [6.45, 7) is 2.46. The highest BCUT2D eigenvalue weighted by Gasteiger charge is 2.05. The fourth-order valence-electron chi connectivity index (χ4n) is 1.11. The molecule has 1 aromatic rings. The summed E-state index contributed by atoms with van der Waals surface area (Å²) in [5.74, 6) is 0.805. The average Bonchev–Trinajstić information content (AvgIpc) is 2.18. The van der Waals surface area contributed by atoms with Crippen molar-refractivity contribution in [3.63, 3.8) is 0 Å². The molecule has 0 aromatic carbocycles. The first kappa shape index (κ1) is 12.0. The Morgan fingerprint density at radius 2 is 2.33 bits per heavy atom. The van der Waals surface area contributed by atoms with Crippen molar-refractivity contribution in [3.8, 4) is 0 Å². The fourth-order valence-corrected chi connectivity index (χ4v) is 1.28. The maximum Gasteiger partial charge on any atom is 0.150 e. The number of rotatable bonds is 5. The summed E-state index contributed by atoms with van der Waals surface area (Å²) >= 11 is 5.87. The lowest BCUT2D eigenvalue weighted by Gasteiger charge is -2.08. The minimum Gasteiger partial charge on any atom is -0.393 e. The largest absolute Gasteiger partial charge is 0.393 e. The summed E-state index contributed by atoms with van der Waals surface area (Å²) in [6, 6.07) is 0. The van der Waals surface area contributed by atoms with Crippen molar-refractivity contribution in [2.45, 2.75) is 25.9 Å². The lowest BCUT2D eigenvalue weighted by Crippen LogP contribution is -2.08. The van der Waals surface area contributed by atoms with E-state index in [1.165, 1.54) is 6.33 Å². The van der Waals surface area contributed by atoms with Gasteiger partial charge in [0.2, 0.25) is 0 Å². The molecule has 1 atom stereocenters. The van der Waals surface area contributed by atoms with Crippen LogP contribution in [0.5, 0.6) is 0 Å². The van der Waals surface area contributed by atoms with Crippen LogP contribution in [0.3, 0.4) is 0 Å². The van der Waals surface area contributed by atoms with Crippen molar-refractivity contribution in [3.05, 3.63) is 11.3 Å². The zero-order valence-electron chi connectivity index (χ0n) is 8.57. The molecule has 0 aliphatic heterocycles. The molecule has 0 saturated heterocycles. The molecular weight excluding hydrogens is 216 g/mol. The Morgan fingerprint density at radius 1 is 1.60 bits per heavy atom. The van der Waals surface area contributed by atoms with Crippen molar-refractivity contribution in [1.82, 2.24) is 9.97 Å². The van der Waals surface area contributed by atoms with Crippen LogP contribution in [0.2, 0.25) is 5.02 Å². The maximum atomic E-state index is 9.05. The normalized spacial score (nSPS) is 12.5. The highest BCUT2D eigenvalue weighted by atomic mass is 35.5. The van der Waals surface area contributed by atoms with Gasteiger partial charge in [0.15, 0.2) is 0 Å². The topological polar surface area (TPSA) is 84.1 Å². The number of halogens is 1. The highest BCUT2D eigenvalue weighted by molar-refractivity contribution is 6.35. The molecule has 1 aromatic heterocycles. The van der Waals surface area contributed by atoms with Gasteiger partial charge in [0.05, 0.1) is 6.10 Å². The smallest absolute Gasteiger partial charge is 0.150 e. The molecule has 6 heteroatoms. The van der Waals surface area contributed by atoms with Gasteiger partial charge in [0.1, 0.15) is 23.0 Å². The van der Waals surface area contributed by atoms with Gasteiger partial charge in [0.25, 0.3) is 0 Å². The van der Waals surface area contributed by atoms with Crippen molar-refractivity contribution in [2.24, 2.45) is 0 Å². The molecule has 5 nitrogen and oxygen atoms in total. The first-order chi connectivity index (χ1) is 7.11. The SMILES string of the molecule is CC(O)CCCNc1ncnc(N)c1Cl. The predicted octanol–water partition coefficient (Wildman–Crippen LogP) is 1.29. The van der Waals surface area contributed by atoms with E-state index in [2.05, 4.69) is 15.3 Å². The molecular formula is C9H15ClN4O. The second-order valence-corrected chi connectivity index (χ2v) is 3.72. The quantitative estimate of drug-likeness (QED) is 0.664. The lowest BCUT2D eigenvalue weighted by atomic mass is 10.2. The van der Waals surface area contributed by atoms with E-state index in [-0.39, 0.29) is 11.9 Å². The summed E-state index contributed by atoms with van der Waals surface area (Å²) < 4.78 is 0. The molecule has 0 bridgehead atoms. The van der Waals surface area contributed by atoms with Crippen LogP contribution < -0.4 is 11.1 Å². The van der Waals surface area contributed by atoms with Crippen LogP contribution in [0.1, 0.15) is 19.8 Å². The molecule has 1 unspecified atom stereocenters. The first-order valence-corrected chi connectivity index (χ1v) is 5.17. The Kier molecular flexibility index (Phi) is 4.58. The van der Waals surface area contributed by atoms with Crippen LogP contribution in [-0.4, -0.2) is 27.7 Å². The van der Waals surface area contributed by atoms with Crippen LogP contribution in [0.15, 0.2) is 6.33 Å². The van der Waals surface area contributed by atoms with Crippen LogP contribution in [0.25, 0.3) is 0 Å². The predicted molar refractivity (Wildman–Crippen MR) is 60.9 cm³/mol. The molecule has 1 rings (SSSR count). The molecule has 0 radical (unpaired) electrons. The average molecular weight is 231 g/mol.